The summed E-state index contributed by atoms with van der Waals surface area (Å²) in [5.41, 5.74) is 2.96. The fourth-order valence-corrected chi connectivity index (χ4v) is 4.79. The van der Waals surface area contributed by atoms with Gasteiger partial charge in [0.15, 0.2) is 0 Å². The maximum Gasteiger partial charge on any atom is 0.224 e. The number of fused-ring (bicyclic) bond motifs is 2. The average Bonchev–Trinajstić information content (AvgIpc) is 3.20. The smallest absolute Gasteiger partial charge is 0.224 e. The SMILES string of the molecule is O=C(NCc1ccc(Cl)cc1)[C@@H]1[C@@H]2CN(C3NCNc4ccc(F)cc43)C[C@@H]21. The number of carbonyl (C=O) groups is 1. The number of nitrogens with zero attached hydrogens (tertiary/aromatic N) is 1. The minimum absolute atomic E-state index is 0.00229. The number of hydrogen-bond acceptors (Lipinski definition) is 4. The Balaban J connectivity index is 1.18. The quantitative estimate of drug-likeness (QED) is 0.738. The first-order chi connectivity index (χ1) is 13.6. The molecule has 1 saturated carbocycles. The van der Waals surface area contributed by atoms with Crippen LogP contribution in [0.25, 0.3) is 0 Å². The van der Waals surface area contributed by atoms with Crippen molar-refractivity contribution in [2.75, 3.05) is 25.1 Å². The van der Waals surface area contributed by atoms with Gasteiger partial charge in [0.05, 0.1) is 12.8 Å². The van der Waals surface area contributed by atoms with Gasteiger partial charge in [-0.25, -0.2) is 4.39 Å². The van der Waals surface area contributed by atoms with Crippen molar-refractivity contribution in [2.45, 2.75) is 12.7 Å². The van der Waals surface area contributed by atoms with Crippen LogP contribution in [0.1, 0.15) is 17.3 Å². The fourth-order valence-electron chi connectivity index (χ4n) is 4.67. The lowest BCUT2D eigenvalue weighted by Gasteiger charge is -2.35. The first-order valence-corrected chi connectivity index (χ1v) is 10.0. The van der Waals surface area contributed by atoms with Crippen molar-refractivity contribution in [1.29, 1.82) is 0 Å². The van der Waals surface area contributed by atoms with E-state index in [0.717, 1.165) is 29.9 Å². The molecular weight excluding hydrogens is 379 g/mol. The van der Waals surface area contributed by atoms with Crippen molar-refractivity contribution in [1.82, 2.24) is 15.5 Å². The number of benzene rings is 2. The van der Waals surface area contributed by atoms with Crippen LogP contribution in [0, 0.1) is 23.6 Å². The molecule has 3 N–H and O–H groups in total. The van der Waals surface area contributed by atoms with E-state index in [9.17, 15) is 9.18 Å². The summed E-state index contributed by atoms with van der Waals surface area (Å²) >= 11 is 5.90. The molecule has 3 aliphatic rings. The second kappa shape index (κ2) is 7.03. The number of rotatable bonds is 4. The summed E-state index contributed by atoms with van der Waals surface area (Å²) in [6, 6.07) is 12.4. The Morgan fingerprint density at radius 2 is 1.93 bits per heavy atom. The van der Waals surface area contributed by atoms with Gasteiger partial charge in [-0.15, -0.1) is 0 Å². The van der Waals surface area contributed by atoms with Gasteiger partial charge in [-0.1, -0.05) is 23.7 Å². The van der Waals surface area contributed by atoms with Crippen LogP contribution in [-0.2, 0) is 11.3 Å². The standard InChI is InChI=1S/C21H22ClFN4O/c22-13-3-1-12(2-4-13)8-24-21(28)19-16-9-27(10-17(16)19)20-15-7-14(23)5-6-18(15)25-11-26-20/h1-7,16-17,19-20,25-26H,8-11H2,(H,24,28)/t16-,17+,19-,20?. The zero-order valence-corrected chi connectivity index (χ0v) is 16.0. The first-order valence-electron chi connectivity index (χ1n) is 9.63. The Hall–Kier alpha value is -2.15. The number of amides is 1. The number of nitrogens with one attached hydrogen (secondary N) is 3. The van der Waals surface area contributed by atoms with Crippen molar-refractivity contribution >= 4 is 23.2 Å². The summed E-state index contributed by atoms with van der Waals surface area (Å²) in [6.07, 6.45) is -0.00229. The number of anilines is 1. The van der Waals surface area contributed by atoms with E-state index in [2.05, 4.69) is 20.9 Å². The molecule has 2 heterocycles. The van der Waals surface area contributed by atoms with Gasteiger partial charge in [-0.2, -0.15) is 0 Å². The second-order valence-electron chi connectivity index (χ2n) is 7.84. The van der Waals surface area contributed by atoms with Crippen LogP contribution in [0.3, 0.4) is 0 Å². The van der Waals surface area contributed by atoms with E-state index in [1.54, 1.807) is 12.1 Å². The number of hydrogen-bond donors (Lipinski definition) is 3. The van der Waals surface area contributed by atoms with E-state index in [4.69, 9.17) is 11.6 Å². The highest BCUT2D eigenvalue weighted by molar-refractivity contribution is 6.30. The summed E-state index contributed by atoms with van der Waals surface area (Å²) in [4.78, 5) is 14.9. The highest BCUT2D eigenvalue weighted by Gasteiger charge is 2.60. The number of piperidine rings is 1. The molecule has 2 fully saturated rings. The Morgan fingerprint density at radius 3 is 2.68 bits per heavy atom. The summed E-state index contributed by atoms with van der Waals surface area (Å²) < 4.78 is 13.7. The topological polar surface area (TPSA) is 56.4 Å². The molecule has 1 amide bonds. The Bertz CT molecular complexity index is 894. The fraction of sp³-hybridized carbons (Fsp3) is 0.381. The molecule has 1 saturated heterocycles. The minimum Gasteiger partial charge on any atom is -0.372 e. The summed E-state index contributed by atoms with van der Waals surface area (Å²) in [5.74, 6) is 0.780. The zero-order valence-electron chi connectivity index (χ0n) is 15.3. The third-order valence-electron chi connectivity index (χ3n) is 6.15. The van der Waals surface area contributed by atoms with Crippen molar-refractivity contribution in [3.05, 3.63) is 64.4 Å². The van der Waals surface area contributed by atoms with Gasteiger partial charge in [0.1, 0.15) is 5.82 Å². The Kier molecular flexibility index (Phi) is 4.50. The van der Waals surface area contributed by atoms with Crippen LogP contribution < -0.4 is 16.0 Å². The van der Waals surface area contributed by atoms with Crippen molar-refractivity contribution < 1.29 is 9.18 Å². The molecule has 7 heteroatoms. The van der Waals surface area contributed by atoms with Gasteiger partial charge in [0, 0.05) is 41.8 Å². The van der Waals surface area contributed by atoms with Gasteiger partial charge >= 0.3 is 0 Å². The molecule has 4 atom stereocenters. The molecular formula is C21H22ClFN4O. The normalized spacial score (nSPS) is 28.2. The molecule has 2 aromatic carbocycles. The van der Waals surface area contributed by atoms with Gasteiger partial charge in [-0.05, 0) is 47.7 Å². The number of likely N-dealkylation sites (tertiary alicyclic amines) is 1. The van der Waals surface area contributed by atoms with Crippen molar-refractivity contribution in [3.63, 3.8) is 0 Å². The highest BCUT2D eigenvalue weighted by Crippen LogP contribution is 2.53. The van der Waals surface area contributed by atoms with Crippen LogP contribution in [-0.4, -0.2) is 30.6 Å². The average molecular weight is 401 g/mol. The van der Waals surface area contributed by atoms with E-state index >= 15 is 0 Å². The van der Waals surface area contributed by atoms with Gasteiger partial charge < -0.3 is 10.6 Å². The first kappa shape index (κ1) is 17.9. The Labute approximate surface area is 168 Å². The number of carbonyl (C=O) groups excluding carboxylic acids is 1. The molecule has 1 unspecified atom stereocenters. The van der Waals surface area contributed by atoms with Gasteiger partial charge in [0.2, 0.25) is 5.91 Å². The lowest BCUT2D eigenvalue weighted by Crippen LogP contribution is -2.44. The molecule has 2 aromatic rings. The maximum absolute atomic E-state index is 13.7. The summed E-state index contributed by atoms with van der Waals surface area (Å²) in [7, 11) is 0. The minimum atomic E-state index is -0.224. The van der Waals surface area contributed by atoms with Crippen LogP contribution >= 0.6 is 11.6 Å². The third-order valence-corrected chi connectivity index (χ3v) is 6.40. The highest BCUT2D eigenvalue weighted by atomic mass is 35.5. The molecule has 0 radical (unpaired) electrons. The largest absolute Gasteiger partial charge is 0.372 e. The molecule has 5 rings (SSSR count). The third kappa shape index (κ3) is 3.26. The van der Waals surface area contributed by atoms with E-state index in [1.807, 2.05) is 24.3 Å². The molecule has 0 spiro atoms. The monoisotopic (exact) mass is 400 g/mol. The van der Waals surface area contributed by atoms with Crippen LogP contribution in [0.2, 0.25) is 5.02 Å². The van der Waals surface area contributed by atoms with Gasteiger partial charge in [0.25, 0.3) is 0 Å². The van der Waals surface area contributed by atoms with Crippen LogP contribution in [0.5, 0.6) is 0 Å². The van der Waals surface area contributed by atoms with E-state index in [1.165, 1.54) is 6.07 Å². The number of halogens is 2. The predicted molar refractivity (Wildman–Crippen MR) is 106 cm³/mol. The van der Waals surface area contributed by atoms with Crippen LogP contribution in [0.15, 0.2) is 42.5 Å². The maximum atomic E-state index is 13.7. The lowest BCUT2D eigenvalue weighted by atomic mass is 10.1. The lowest BCUT2D eigenvalue weighted by molar-refractivity contribution is -0.123. The van der Waals surface area contributed by atoms with E-state index < -0.39 is 0 Å². The van der Waals surface area contributed by atoms with E-state index in [-0.39, 0.29) is 23.8 Å². The molecule has 0 bridgehead atoms. The Morgan fingerprint density at radius 1 is 1.18 bits per heavy atom. The molecule has 0 aromatic heterocycles. The molecule has 2 aliphatic heterocycles. The zero-order chi connectivity index (χ0) is 19.3. The summed E-state index contributed by atoms with van der Waals surface area (Å²) in [6.45, 7) is 2.90. The summed E-state index contributed by atoms with van der Waals surface area (Å²) in [5, 5.41) is 10.4. The van der Waals surface area contributed by atoms with E-state index in [0.29, 0.717) is 30.1 Å². The van der Waals surface area contributed by atoms with Gasteiger partial charge in [-0.3, -0.25) is 15.0 Å². The van der Waals surface area contributed by atoms with Crippen molar-refractivity contribution in [3.8, 4) is 0 Å². The molecule has 1 aliphatic carbocycles. The predicted octanol–water partition coefficient (Wildman–Crippen LogP) is 2.94. The molecule has 28 heavy (non-hydrogen) atoms. The molecule has 146 valence electrons. The van der Waals surface area contributed by atoms with Crippen LogP contribution in [0.4, 0.5) is 10.1 Å². The second-order valence-corrected chi connectivity index (χ2v) is 8.28. The van der Waals surface area contributed by atoms with Crippen molar-refractivity contribution in [2.24, 2.45) is 17.8 Å². The molecule has 5 nitrogen and oxygen atoms in total.